The van der Waals surface area contributed by atoms with Crippen molar-refractivity contribution in [3.8, 4) is 0 Å². The fourth-order valence-corrected chi connectivity index (χ4v) is 1.74. The molecule has 1 aromatic rings. The molecule has 0 aliphatic carbocycles. The second-order valence-electron chi connectivity index (χ2n) is 4.45. The van der Waals surface area contributed by atoms with Crippen LogP contribution < -0.4 is 5.32 Å². The number of carbonyl (C=O) groups is 2. The molecule has 0 radical (unpaired) electrons. The van der Waals surface area contributed by atoms with Crippen LogP contribution in [0.25, 0.3) is 0 Å². The van der Waals surface area contributed by atoms with Crippen LogP contribution in [-0.4, -0.2) is 32.0 Å². The Hall–Kier alpha value is -1.75. The SMILES string of the molecule is COCCCCNC(=O)CCC(=O)c1ccccc1F. The first kappa shape index (κ1) is 16.3. The number of hydrogen-bond donors (Lipinski definition) is 1. The molecule has 0 aromatic heterocycles. The maximum atomic E-state index is 13.4. The highest BCUT2D eigenvalue weighted by atomic mass is 19.1. The monoisotopic (exact) mass is 281 g/mol. The summed E-state index contributed by atoms with van der Waals surface area (Å²) in [5.74, 6) is -1.08. The molecule has 0 atom stereocenters. The number of benzene rings is 1. The summed E-state index contributed by atoms with van der Waals surface area (Å²) in [5, 5.41) is 2.72. The molecular weight excluding hydrogens is 261 g/mol. The van der Waals surface area contributed by atoms with Gasteiger partial charge in [-0.1, -0.05) is 12.1 Å². The first-order valence-electron chi connectivity index (χ1n) is 6.68. The summed E-state index contributed by atoms with van der Waals surface area (Å²) in [6.45, 7) is 1.23. The van der Waals surface area contributed by atoms with Crippen molar-refractivity contribution in [1.29, 1.82) is 0 Å². The molecule has 1 N–H and O–H groups in total. The van der Waals surface area contributed by atoms with Crippen LogP contribution in [-0.2, 0) is 9.53 Å². The van der Waals surface area contributed by atoms with Gasteiger partial charge in [-0.25, -0.2) is 4.39 Å². The highest BCUT2D eigenvalue weighted by Gasteiger charge is 2.12. The zero-order valence-corrected chi connectivity index (χ0v) is 11.7. The maximum absolute atomic E-state index is 13.4. The largest absolute Gasteiger partial charge is 0.385 e. The van der Waals surface area contributed by atoms with Crippen LogP contribution in [0.3, 0.4) is 0 Å². The Balaban J connectivity index is 2.24. The van der Waals surface area contributed by atoms with Gasteiger partial charge in [0.05, 0.1) is 5.56 Å². The van der Waals surface area contributed by atoms with E-state index in [9.17, 15) is 14.0 Å². The molecule has 0 bridgehead atoms. The van der Waals surface area contributed by atoms with E-state index in [1.165, 1.54) is 18.2 Å². The number of unbranched alkanes of at least 4 members (excludes halogenated alkanes) is 1. The number of nitrogens with one attached hydrogen (secondary N) is 1. The molecule has 0 heterocycles. The highest BCUT2D eigenvalue weighted by Crippen LogP contribution is 2.10. The molecule has 4 nitrogen and oxygen atoms in total. The Morgan fingerprint density at radius 3 is 2.65 bits per heavy atom. The Morgan fingerprint density at radius 1 is 1.20 bits per heavy atom. The van der Waals surface area contributed by atoms with Crippen LogP contribution >= 0.6 is 0 Å². The summed E-state index contributed by atoms with van der Waals surface area (Å²) < 4.78 is 18.2. The van der Waals surface area contributed by atoms with E-state index in [2.05, 4.69) is 5.32 Å². The summed E-state index contributed by atoms with van der Waals surface area (Å²) in [6.07, 6.45) is 1.81. The molecule has 1 aromatic carbocycles. The highest BCUT2D eigenvalue weighted by molar-refractivity contribution is 5.98. The lowest BCUT2D eigenvalue weighted by atomic mass is 10.1. The standard InChI is InChI=1S/C15H20FNO3/c1-20-11-5-4-10-17-15(19)9-8-14(18)12-6-2-3-7-13(12)16/h2-3,6-7H,4-5,8-11H2,1H3,(H,17,19). The average Bonchev–Trinajstić information content (AvgIpc) is 2.45. The number of hydrogen-bond acceptors (Lipinski definition) is 3. The molecule has 0 saturated carbocycles. The molecule has 20 heavy (non-hydrogen) atoms. The first-order valence-corrected chi connectivity index (χ1v) is 6.68. The molecular formula is C15H20FNO3. The minimum atomic E-state index is -0.544. The third-order valence-electron chi connectivity index (χ3n) is 2.85. The summed E-state index contributed by atoms with van der Waals surface area (Å²) in [7, 11) is 1.63. The summed E-state index contributed by atoms with van der Waals surface area (Å²) in [5.41, 5.74) is 0.0420. The number of Topliss-reactive ketones (excluding diaryl/α,β-unsaturated/α-hetero) is 1. The third-order valence-corrected chi connectivity index (χ3v) is 2.85. The van der Waals surface area contributed by atoms with Crippen LogP contribution in [0, 0.1) is 5.82 Å². The quantitative estimate of drug-likeness (QED) is 0.558. The van der Waals surface area contributed by atoms with Gasteiger partial charge in [0.25, 0.3) is 0 Å². The van der Waals surface area contributed by atoms with E-state index in [-0.39, 0.29) is 30.1 Å². The predicted molar refractivity (Wildman–Crippen MR) is 74.1 cm³/mol. The molecule has 0 spiro atoms. The number of methoxy groups -OCH3 is 1. The normalized spacial score (nSPS) is 10.3. The zero-order chi connectivity index (χ0) is 14.8. The van der Waals surface area contributed by atoms with Crippen molar-refractivity contribution in [2.45, 2.75) is 25.7 Å². The third kappa shape index (κ3) is 5.93. The molecule has 0 aliphatic rings. The Kier molecular flexibility index (Phi) is 7.50. The van der Waals surface area contributed by atoms with E-state index >= 15 is 0 Å². The topological polar surface area (TPSA) is 55.4 Å². The van der Waals surface area contributed by atoms with Gasteiger partial charge in [-0.3, -0.25) is 9.59 Å². The van der Waals surface area contributed by atoms with Crippen molar-refractivity contribution < 1.29 is 18.7 Å². The number of amides is 1. The van der Waals surface area contributed by atoms with Crippen LogP contribution in [0.2, 0.25) is 0 Å². The van der Waals surface area contributed by atoms with Crippen molar-refractivity contribution >= 4 is 11.7 Å². The van der Waals surface area contributed by atoms with Crippen molar-refractivity contribution in [1.82, 2.24) is 5.32 Å². The van der Waals surface area contributed by atoms with E-state index in [0.717, 1.165) is 12.8 Å². The summed E-state index contributed by atoms with van der Waals surface area (Å²) in [6, 6.07) is 5.80. The van der Waals surface area contributed by atoms with E-state index in [4.69, 9.17) is 4.74 Å². The predicted octanol–water partition coefficient (Wildman–Crippen LogP) is 2.33. The Bertz CT molecular complexity index is 448. The fourth-order valence-electron chi connectivity index (χ4n) is 1.74. The molecule has 1 rings (SSSR count). The smallest absolute Gasteiger partial charge is 0.220 e. The Labute approximate surface area is 118 Å². The number of rotatable bonds is 9. The molecule has 110 valence electrons. The lowest BCUT2D eigenvalue weighted by Crippen LogP contribution is -2.25. The molecule has 0 saturated heterocycles. The molecule has 0 fully saturated rings. The van der Waals surface area contributed by atoms with Crippen LogP contribution in [0.15, 0.2) is 24.3 Å². The number of carbonyl (C=O) groups excluding carboxylic acids is 2. The minimum absolute atomic E-state index is 0.0187. The van der Waals surface area contributed by atoms with Crippen LogP contribution in [0.4, 0.5) is 4.39 Å². The molecule has 5 heteroatoms. The van der Waals surface area contributed by atoms with Gasteiger partial charge in [0, 0.05) is 33.1 Å². The van der Waals surface area contributed by atoms with Crippen molar-refractivity contribution in [3.63, 3.8) is 0 Å². The maximum Gasteiger partial charge on any atom is 0.220 e. The van der Waals surface area contributed by atoms with Crippen LogP contribution in [0.5, 0.6) is 0 Å². The van der Waals surface area contributed by atoms with E-state index in [1.54, 1.807) is 13.2 Å². The average molecular weight is 281 g/mol. The van der Waals surface area contributed by atoms with E-state index in [0.29, 0.717) is 13.2 Å². The van der Waals surface area contributed by atoms with Gasteiger partial charge < -0.3 is 10.1 Å². The van der Waals surface area contributed by atoms with Gasteiger partial charge >= 0.3 is 0 Å². The number of halogens is 1. The van der Waals surface area contributed by atoms with Crippen LogP contribution in [0.1, 0.15) is 36.0 Å². The van der Waals surface area contributed by atoms with Gasteiger partial charge in [0.15, 0.2) is 5.78 Å². The number of ether oxygens (including phenoxy) is 1. The van der Waals surface area contributed by atoms with Crippen molar-refractivity contribution in [2.24, 2.45) is 0 Å². The van der Waals surface area contributed by atoms with Gasteiger partial charge in [0.1, 0.15) is 5.82 Å². The number of ketones is 1. The minimum Gasteiger partial charge on any atom is -0.385 e. The second-order valence-corrected chi connectivity index (χ2v) is 4.45. The van der Waals surface area contributed by atoms with Crippen molar-refractivity contribution in [2.75, 3.05) is 20.3 Å². The van der Waals surface area contributed by atoms with Gasteiger partial charge in [-0.15, -0.1) is 0 Å². The van der Waals surface area contributed by atoms with E-state index in [1.807, 2.05) is 0 Å². The van der Waals surface area contributed by atoms with Crippen molar-refractivity contribution in [3.05, 3.63) is 35.6 Å². The first-order chi connectivity index (χ1) is 9.65. The molecule has 0 unspecified atom stereocenters. The summed E-state index contributed by atoms with van der Waals surface area (Å²) in [4.78, 5) is 23.3. The second kappa shape index (κ2) is 9.20. The lowest BCUT2D eigenvalue weighted by molar-refractivity contribution is -0.121. The summed E-state index contributed by atoms with van der Waals surface area (Å²) >= 11 is 0. The fraction of sp³-hybridized carbons (Fsp3) is 0.467. The Morgan fingerprint density at radius 2 is 1.95 bits per heavy atom. The molecule has 1 amide bonds. The van der Waals surface area contributed by atoms with Gasteiger partial charge in [-0.05, 0) is 25.0 Å². The lowest BCUT2D eigenvalue weighted by Gasteiger charge is -2.05. The zero-order valence-electron chi connectivity index (χ0n) is 11.7. The van der Waals surface area contributed by atoms with E-state index < -0.39 is 5.82 Å². The van der Waals surface area contributed by atoms with Gasteiger partial charge in [0.2, 0.25) is 5.91 Å². The molecule has 0 aliphatic heterocycles. The van der Waals surface area contributed by atoms with Gasteiger partial charge in [-0.2, -0.15) is 0 Å².